The van der Waals surface area contributed by atoms with Crippen molar-refractivity contribution >= 4 is 23.4 Å². The third kappa shape index (κ3) is 12.3. The van der Waals surface area contributed by atoms with E-state index in [-0.39, 0.29) is 17.5 Å². The molecule has 0 saturated heterocycles. The third-order valence-corrected chi connectivity index (χ3v) is 2.89. The number of halogens is 4. The van der Waals surface area contributed by atoms with Gasteiger partial charge in [-0.15, -0.1) is 11.6 Å². The molecule has 0 atom stereocenters. The second-order valence-corrected chi connectivity index (χ2v) is 4.88. The Kier molecular flexibility index (Phi) is 8.75. The summed E-state index contributed by atoms with van der Waals surface area (Å²) in [5, 5.41) is 0. The Labute approximate surface area is 98.3 Å². The Morgan fingerprint density at radius 1 is 1.13 bits per heavy atom. The molecule has 0 spiro atoms. The first-order valence-corrected chi connectivity index (χ1v) is 6.43. The summed E-state index contributed by atoms with van der Waals surface area (Å²) in [5.41, 5.74) is -4.10. The number of unbranched alkanes of at least 4 members (excludes halogenated alkanes) is 2. The van der Waals surface area contributed by atoms with Gasteiger partial charge in [-0.3, -0.25) is 0 Å². The first-order chi connectivity index (χ1) is 6.95. The maximum Gasteiger partial charge on any atom is 0.441 e. The smallest absolute Gasteiger partial charge is 0.306 e. The van der Waals surface area contributed by atoms with Crippen LogP contribution in [0.3, 0.4) is 0 Å². The lowest BCUT2D eigenvalue weighted by atomic mass is 10.2. The molecular formula is C9H17ClF3NS. The predicted octanol–water partition coefficient (Wildman–Crippen LogP) is 3.58. The van der Waals surface area contributed by atoms with E-state index in [0.717, 1.165) is 25.8 Å². The van der Waals surface area contributed by atoms with Gasteiger partial charge in [0.2, 0.25) is 0 Å². The van der Waals surface area contributed by atoms with Gasteiger partial charge in [0, 0.05) is 18.2 Å². The fourth-order valence-corrected chi connectivity index (χ4v) is 1.91. The molecule has 0 aliphatic carbocycles. The minimum absolute atomic E-state index is 0.0428. The highest BCUT2D eigenvalue weighted by Crippen LogP contribution is 2.29. The number of rotatable bonds is 8. The van der Waals surface area contributed by atoms with Crippen LogP contribution < -0.4 is 0 Å². The van der Waals surface area contributed by atoms with Crippen molar-refractivity contribution in [3.63, 3.8) is 0 Å². The first kappa shape index (κ1) is 15.4. The summed E-state index contributed by atoms with van der Waals surface area (Å²) in [6, 6.07) is 0. The van der Waals surface area contributed by atoms with Crippen LogP contribution in [0.25, 0.3) is 0 Å². The largest absolute Gasteiger partial charge is 0.441 e. The number of hydrogen-bond donors (Lipinski definition) is 0. The molecule has 15 heavy (non-hydrogen) atoms. The van der Waals surface area contributed by atoms with Gasteiger partial charge in [0.05, 0.1) is 0 Å². The van der Waals surface area contributed by atoms with Crippen molar-refractivity contribution in [2.24, 2.45) is 0 Å². The molecule has 0 saturated carbocycles. The van der Waals surface area contributed by atoms with Gasteiger partial charge in [0.15, 0.2) is 0 Å². The van der Waals surface area contributed by atoms with Gasteiger partial charge in [-0.05, 0) is 38.2 Å². The summed E-state index contributed by atoms with van der Waals surface area (Å²) >= 11 is 5.55. The van der Waals surface area contributed by atoms with E-state index in [9.17, 15) is 13.2 Å². The summed E-state index contributed by atoms with van der Waals surface area (Å²) in [7, 11) is 1.84. The van der Waals surface area contributed by atoms with Gasteiger partial charge < -0.3 is 4.90 Å². The Morgan fingerprint density at radius 2 is 1.80 bits per heavy atom. The van der Waals surface area contributed by atoms with Crippen molar-refractivity contribution in [3.8, 4) is 0 Å². The van der Waals surface area contributed by atoms with Crippen LogP contribution in [0.5, 0.6) is 0 Å². The molecule has 0 fully saturated rings. The van der Waals surface area contributed by atoms with E-state index in [4.69, 9.17) is 11.6 Å². The molecule has 0 amide bonds. The molecule has 0 aromatic carbocycles. The normalized spacial score (nSPS) is 12.4. The molecule has 0 aromatic rings. The first-order valence-electron chi connectivity index (χ1n) is 4.91. The van der Waals surface area contributed by atoms with Gasteiger partial charge in [0.1, 0.15) is 0 Å². The van der Waals surface area contributed by atoms with E-state index >= 15 is 0 Å². The van der Waals surface area contributed by atoms with Crippen LogP contribution in [-0.2, 0) is 0 Å². The summed E-state index contributed by atoms with van der Waals surface area (Å²) in [6.07, 6.45) is 3.02. The number of thioether (sulfide) groups is 1. The van der Waals surface area contributed by atoms with Crippen molar-refractivity contribution < 1.29 is 13.2 Å². The van der Waals surface area contributed by atoms with Crippen LogP contribution in [0.4, 0.5) is 13.2 Å². The van der Waals surface area contributed by atoms with Crippen LogP contribution in [-0.4, -0.2) is 42.2 Å². The Morgan fingerprint density at radius 3 is 2.33 bits per heavy atom. The minimum Gasteiger partial charge on any atom is -0.306 e. The zero-order chi connectivity index (χ0) is 11.7. The third-order valence-electron chi connectivity index (χ3n) is 1.91. The molecule has 0 bridgehead atoms. The maximum atomic E-state index is 11.8. The van der Waals surface area contributed by atoms with Gasteiger partial charge >= 0.3 is 5.51 Å². The lowest BCUT2D eigenvalue weighted by Gasteiger charge is -2.16. The van der Waals surface area contributed by atoms with Crippen LogP contribution in [0, 0.1) is 0 Å². The summed E-state index contributed by atoms with van der Waals surface area (Å²) < 4.78 is 35.4. The van der Waals surface area contributed by atoms with E-state index in [2.05, 4.69) is 0 Å². The highest BCUT2D eigenvalue weighted by atomic mass is 35.5. The van der Waals surface area contributed by atoms with Crippen LogP contribution >= 0.6 is 23.4 Å². The van der Waals surface area contributed by atoms with E-state index in [0.29, 0.717) is 12.4 Å². The minimum atomic E-state index is -4.10. The molecule has 0 rings (SSSR count). The Hall–Kier alpha value is 0.390. The topological polar surface area (TPSA) is 3.24 Å². The van der Waals surface area contributed by atoms with Crippen LogP contribution in [0.15, 0.2) is 0 Å². The van der Waals surface area contributed by atoms with Crippen molar-refractivity contribution in [3.05, 3.63) is 0 Å². The second-order valence-electron chi connectivity index (χ2n) is 3.35. The highest BCUT2D eigenvalue weighted by Gasteiger charge is 2.27. The lowest BCUT2D eigenvalue weighted by molar-refractivity contribution is -0.0328. The molecule has 0 aliphatic heterocycles. The lowest BCUT2D eigenvalue weighted by Crippen LogP contribution is -2.23. The number of hydrogen-bond acceptors (Lipinski definition) is 2. The average molecular weight is 264 g/mol. The molecule has 0 heterocycles. The SMILES string of the molecule is CN(CCCCCCl)CCSC(F)(F)F. The second kappa shape index (κ2) is 8.53. The molecular weight excluding hydrogens is 247 g/mol. The summed E-state index contributed by atoms with van der Waals surface area (Å²) in [6.45, 7) is 1.32. The van der Waals surface area contributed by atoms with E-state index in [1.807, 2.05) is 11.9 Å². The predicted molar refractivity (Wildman–Crippen MR) is 60.6 cm³/mol. The monoisotopic (exact) mass is 263 g/mol. The van der Waals surface area contributed by atoms with Gasteiger partial charge in [-0.2, -0.15) is 13.2 Å². The fourth-order valence-electron chi connectivity index (χ4n) is 1.08. The fraction of sp³-hybridized carbons (Fsp3) is 1.00. The molecule has 1 nitrogen and oxygen atoms in total. The van der Waals surface area contributed by atoms with E-state index in [1.165, 1.54) is 0 Å². The molecule has 0 aromatic heterocycles. The van der Waals surface area contributed by atoms with Crippen molar-refractivity contribution in [1.82, 2.24) is 4.90 Å². The van der Waals surface area contributed by atoms with E-state index < -0.39 is 5.51 Å². The van der Waals surface area contributed by atoms with Gasteiger partial charge in [-0.1, -0.05) is 6.42 Å². The van der Waals surface area contributed by atoms with Crippen molar-refractivity contribution in [2.45, 2.75) is 24.8 Å². The number of nitrogens with zero attached hydrogens (tertiary/aromatic N) is 1. The molecule has 0 aliphatic rings. The van der Waals surface area contributed by atoms with Gasteiger partial charge in [0.25, 0.3) is 0 Å². The van der Waals surface area contributed by atoms with Crippen LogP contribution in [0.1, 0.15) is 19.3 Å². The van der Waals surface area contributed by atoms with E-state index in [1.54, 1.807) is 0 Å². The quantitative estimate of drug-likeness (QED) is 0.486. The Balaban J connectivity index is 3.29. The molecule has 92 valence electrons. The number of alkyl halides is 4. The molecule has 0 unspecified atom stereocenters. The molecule has 0 radical (unpaired) electrons. The van der Waals surface area contributed by atoms with Crippen molar-refractivity contribution in [2.75, 3.05) is 31.8 Å². The van der Waals surface area contributed by atoms with Crippen LogP contribution in [0.2, 0.25) is 0 Å². The highest BCUT2D eigenvalue weighted by molar-refractivity contribution is 8.00. The zero-order valence-electron chi connectivity index (χ0n) is 8.82. The standard InChI is InChI=1S/C9H17ClF3NS/c1-14(6-4-2-3-5-10)7-8-15-9(11,12)13/h2-8H2,1H3. The molecule has 6 heteroatoms. The van der Waals surface area contributed by atoms with Crippen molar-refractivity contribution in [1.29, 1.82) is 0 Å². The summed E-state index contributed by atoms with van der Waals surface area (Å²) in [4.78, 5) is 1.92. The zero-order valence-corrected chi connectivity index (χ0v) is 10.4. The summed E-state index contributed by atoms with van der Waals surface area (Å²) in [5.74, 6) is 0.767. The molecule has 0 N–H and O–H groups in total. The van der Waals surface area contributed by atoms with Gasteiger partial charge in [-0.25, -0.2) is 0 Å². The Bertz CT molecular complexity index is 155. The average Bonchev–Trinajstić information content (AvgIpc) is 2.10. The maximum absolute atomic E-state index is 11.8.